The molecular weight excluding hydrogens is 354 g/mol. The third-order valence-electron chi connectivity index (χ3n) is 5.75. The molecular formula is C23H23NO2S. The van der Waals surface area contributed by atoms with E-state index in [0.29, 0.717) is 13.0 Å². The quantitative estimate of drug-likeness (QED) is 0.761. The molecule has 2 aromatic carbocycles. The van der Waals surface area contributed by atoms with Gasteiger partial charge in [0.05, 0.1) is 5.57 Å². The lowest BCUT2D eigenvalue weighted by molar-refractivity contribution is -0.112. The van der Waals surface area contributed by atoms with Crippen LogP contribution in [-0.2, 0) is 29.0 Å². The van der Waals surface area contributed by atoms with Gasteiger partial charge in [-0.25, -0.2) is 0 Å². The number of benzene rings is 2. The van der Waals surface area contributed by atoms with Crippen molar-refractivity contribution >= 4 is 28.9 Å². The maximum atomic E-state index is 12.6. The van der Waals surface area contributed by atoms with Gasteiger partial charge >= 0.3 is 0 Å². The highest BCUT2D eigenvalue weighted by Gasteiger charge is 2.32. The summed E-state index contributed by atoms with van der Waals surface area (Å²) < 4.78 is 6.03. The second kappa shape index (κ2) is 7.17. The molecule has 5 rings (SSSR count). The van der Waals surface area contributed by atoms with E-state index >= 15 is 0 Å². The molecule has 1 fully saturated rings. The molecule has 0 aromatic heterocycles. The first-order valence-corrected chi connectivity index (χ1v) is 10.9. The molecule has 2 heterocycles. The lowest BCUT2D eigenvalue weighted by Gasteiger charge is -2.26. The van der Waals surface area contributed by atoms with Gasteiger partial charge in [-0.05, 0) is 23.1 Å². The molecule has 1 aliphatic carbocycles. The summed E-state index contributed by atoms with van der Waals surface area (Å²) in [5.41, 5.74) is 6.58. The van der Waals surface area contributed by atoms with Gasteiger partial charge in [0, 0.05) is 48.7 Å². The van der Waals surface area contributed by atoms with Gasteiger partial charge < -0.3 is 9.64 Å². The van der Waals surface area contributed by atoms with Crippen LogP contribution in [0.1, 0.15) is 27.8 Å². The Morgan fingerprint density at radius 2 is 1.85 bits per heavy atom. The largest absolute Gasteiger partial charge is 0.487 e. The average molecular weight is 378 g/mol. The zero-order chi connectivity index (χ0) is 18.2. The van der Waals surface area contributed by atoms with Crippen molar-refractivity contribution in [3.63, 3.8) is 0 Å². The molecule has 0 saturated carbocycles. The smallest absolute Gasteiger partial charge is 0.171 e. The van der Waals surface area contributed by atoms with E-state index in [1.807, 2.05) is 24.3 Å². The van der Waals surface area contributed by atoms with E-state index in [-0.39, 0.29) is 5.78 Å². The molecule has 2 aliphatic heterocycles. The molecule has 1 saturated heterocycles. The Hall–Kier alpha value is -2.04. The van der Waals surface area contributed by atoms with Crippen molar-refractivity contribution in [1.29, 1.82) is 0 Å². The standard InChI is InChI=1S/C23H23NO2S/c25-21-14-17-3-1-2-4-19(17)22(21)23-20-6-5-16(13-18(20)15-26-23)7-8-24-9-11-27-12-10-24/h1-6,13H,7-12,14-15H2/b23-22+. The Morgan fingerprint density at radius 1 is 1.00 bits per heavy atom. The molecule has 0 atom stereocenters. The van der Waals surface area contributed by atoms with Gasteiger partial charge in [0.2, 0.25) is 0 Å². The van der Waals surface area contributed by atoms with Crippen molar-refractivity contribution in [2.75, 3.05) is 31.1 Å². The van der Waals surface area contributed by atoms with E-state index in [1.54, 1.807) is 0 Å². The van der Waals surface area contributed by atoms with Crippen LogP contribution in [-0.4, -0.2) is 41.8 Å². The number of carbonyl (C=O) groups is 1. The number of hydrogen-bond donors (Lipinski definition) is 0. The topological polar surface area (TPSA) is 29.5 Å². The number of nitrogens with zero attached hydrogens (tertiary/aromatic N) is 1. The summed E-state index contributed by atoms with van der Waals surface area (Å²) in [5, 5.41) is 0. The molecule has 2 aromatic rings. The van der Waals surface area contributed by atoms with Crippen LogP contribution < -0.4 is 0 Å². The van der Waals surface area contributed by atoms with E-state index in [4.69, 9.17) is 4.74 Å². The maximum Gasteiger partial charge on any atom is 0.171 e. The molecule has 4 heteroatoms. The number of allylic oxidation sites excluding steroid dienone is 1. The van der Waals surface area contributed by atoms with E-state index in [2.05, 4.69) is 34.9 Å². The zero-order valence-corrected chi connectivity index (χ0v) is 16.2. The number of carbonyl (C=O) groups excluding carboxylic acids is 1. The summed E-state index contributed by atoms with van der Waals surface area (Å²) in [5.74, 6) is 3.46. The van der Waals surface area contributed by atoms with E-state index in [1.165, 1.54) is 35.7 Å². The zero-order valence-electron chi connectivity index (χ0n) is 15.4. The van der Waals surface area contributed by atoms with E-state index in [9.17, 15) is 4.79 Å². The summed E-state index contributed by atoms with van der Waals surface area (Å²) in [6, 6.07) is 14.7. The second-order valence-corrected chi connectivity index (χ2v) is 8.67. The summed E-state index contributed by atoms with van der Waals surface area (Å²) in [6.45, 7) is 4.10. The van der Waals surface area contributed by atoms with Gasteiger partial charge in [0.25, 0.3) is 0 Å². The molecule has 0 N–H and O–H groups in total. The van der Waals surface area contributed by atoms with Gasteiger partial charge in [-0.2, -0.15) is 11.8 Å². The van der Waals surface area contributed by atoms with Gasteiger partial charge in [0.15, 0.2) is 5.78 Å². The van der Waals surface area contributed by atoms with Crippen LogP contribution >= 0.6 is 11.8 Å². The predicted molar refractivity (Wildman–Crippen MR) is 111 cm³/mol. The van der Waals surface area contributed by atoms with Crippen LogP contribution in [0.4, 0.5) is 0 Å². The number of rotatable bonds is 3. The molecule has 0 amide bonds. The first-order valence-electron chi connectivity index (χ1n) is 9.70. The predicted octanol–water partition coefficient (Wildman–Crippen LogP) is 3.80. The average Bonchev–Trinajstić information content (AvgIpc) is 3.26. The van der Waals surface area contributed by atoms with Crippen LogP contribution in [0.25, 0.3) is 11.3 Å². The Labute approximate surface area is 164 Å². The van der Waals surface area contributed by atoms with Crippen molar-refractivity contribution < 1.29 is 9.53 Å². The summed E-state index contributed by atoms with van der Waals surface area (Å²) in [7, 11) is 0. The lowest BCUT2D eigenvalue weighted by Crippen LogP contribution is -2.34. The van der Waals surface area contributed by atoms with Crippen molar-refractivity contribution in [2.45, 2.75) is 19.4 Å². The highest BCUT2D eigenvalue weighted by atomic mass is 32.2. The van der Waals surface area contributed by atoms with Crippen molar-refractivity contribution in [2.24, 2.45) is 0 Å². The SMILES string of the molecule is O=C1Cc2ccccc2/C1=C1\OCc2cc(CCN3CCSCC3)ccc21. The minimum Gasteiger partial charge on any atom is -0.487 e. The normalized spacial score (nSPS) is 21.9. The molecule has 0 spiro atoms. The van der Waals surface area contributed by atoms with Gasteiger partial charge in [-0.1, -0.05) is 42.5 Å². The molecule has 27 heavy (non-hydrogen) atoms. The fourth-order valence-corrected chi connectivity index (χ4v) is 5.25. The maximum absolute atomic E-state index is 12.6. The molecule has 3 aliphatic rings. The van der Waals surface area contributed by atoms with Crippen LogP contribution in [0.5, 0.6) is 0 Å². The number of fused-ring (bicyclic) bond motifs is 2. The summed E-state index contributed by atoms with van der Waals surface area (Å²) in [4.78, 5) is 15.2. The number of ketones is 1. The highest BCUT2D eigenvalue weighted by Crippen LogP contribution is 2.40. The third kappa shape index (κ3) is 3.21. The molecule has 0 unspecified atom stereocenters. The minimum absolute atomic E-state index is 0.172. The lowest BCUT2D eigenvalue weighted by atomic mass is 9.98. The first kappa shape index (κ1) is 17.1. The van der Waals surface area contributed by atoms with Crippen molar-refractivity contribution in [1.82, 2.24) is 4.90 Å². The van der Waals surface area contributed by atoms with Crippen LogP contribution in [0.3, 0.4) is 0 Å². The third-order valence-corrected chi connectivity index (χ3v) is 6.69. The van der Waals surface area contributed by atoms with Gasteiger partial charge in [-0.3, -0.25) is 4.79 Å². The fourth-order valence-electron chi connectivity index (χ4n) is 4.27. The van der Waals surface area contributed by atoms with E-state index < -0.39 is 0 Å². The number of ether oxygens (including phenoxy) is 1. The van der Waals surface area contributed by atoms with Crippen molar-refractivity contribution in [3.8, 4) is 0 Å². The Bertz CT molecular complexity index is 928. The Morgan fingerprint density at radius 3 is 2.74 bits per heavy atom. The number of thioether (sulfide) groups is 1. The molecule has 3 nitrogen and oxygen atoms in total. The second-order valence-electron chi connectivity index (χ2n) is 7.45. The van der Waals surface area contributed by atoms with Crippen LogP contribution in [0.2, 0.25) is 0 Å². The molecule has 0 radical (unpaired) electrons. The van der Waals surface area contributed by atoms with Crippen LogP contribution in [0, 0.1) is 0 Å². The summed E-state index contributed by atoms with van der Waals surface area (Å²) >= 11 is 2.05. The van der Waals surface area contributed by atoms with Gasteiger partial charge in [0.1, 0.15) is 12.4 Å². The van der Waals surface area contributed by atoms with Gasteiger partial charge in [-0.15, -0.1) is 0 Å². The number of hydrogen-bond acceptors (Lipinski definition) is 4. The fraction of sp³-hybridized carbons (Fsp3) is 0.348. The monoisotopic (exact) mass is 377 g/mol. The first-order chi connectivity index (χ1) is 13.3. The molecule has 0 bridgehead atoms. The van der Waals surface area contributed by atoms with E-state index in [0.717, 1.165) is 41.0 Å². The Kier molecular flexibility index (Phi) is 4.54. The highest BCUT2D eigenvalue weighted by molar-refractivity contribution is 7.99. The minimum atomic E-state index is 0.172. The van der Waals surface area contributed by atoms with Crippen LogP contribution in [0.15, 0.2) is 42.5 Å². The summed E-state index contributed by atoms with van der Waals surface area (Å²) in [6.07, 6.45) is 1.56. The Balaban J connectivity index is 1.41. The van der Waals surface area contributed by atoms with Crippen molar-refractivity contribution in [3.05, 3.63) is 70.3 Å². The number of Topliss-reactive ketones (excluding diaryl/α,β-unsaturated/α-hetero) is 1. The molecule has 138 valence electrons.